The van der Waals surface area contributed by atoms with Crippen molar-refractivity contribution in [3.05, 3.63) is 32.7 Å². The second-order valence-electron chi connectivity index (χ2n) is 5.95. The van der Waals surface area contributed by atoms with Gasteiger partial charge < -0.3 is 14.6 Å². The van der Waals surface area contributed by atoms with Crippen molar-refractivity contribution in [2.45, 2.75) is 31.8 Å². The summed E-state index contributed by atoms with van der Waals surface area (Å²) in [4.78, 5) is 32.6. The Balaban J connectivity index is 2.18. The van der Waals surface area contributed by atoms with Gasteiger partial charge in [0.2, 0.25) is 0 Å². The maximum Gasteiger partial charge on any atom is 0.332 e. The maximum absolute atomic E-state index is 12.1. The number of aliphatic hydroxyl groups is 1. The van der Waals surface area contributed by atoms with Crippen LogP contribution in [0.4, 0.5) is 0 Å². The van der Waals surface area contributed by atoms with Gasteiger partial charge in [-0.05, 0) is 13.8 Å². The third-order valence-corrected chi connectivity index (χ3v) is 3.83. The zero-order chi connectivity index (χ0) is 16.9. The molecule has 0 saturated carbocycles. The molecule has 23 heavy (non-hydrogen) atoms. The predicted molar refractivity (Wildman–Crippen MR) is 79.9 cm³/mol. The highest BCUT2D eigenvalue weighted by Gasteiger charge is 2.42. The standard InChI is InChI=1S/C14H18N4O5/c1-14(2)22-8(6-19)10(23-14)7-5-15-9-11(16-7)17(3)13(21)18(4)12(9)20/h5,8,10,19H,6H2,1-4H3/t8-,10+/m1/s1. The molecule has 0 aromatic carbocycles. The molecule has 2 aromatic heterocycles. The average Bonchev–Trinajstić information content (AvgIpc) is 2.85. The number of aryl methyl sites for hydroxylation is 1. The van der Waals surface area contributed by atoms with Crippen LogP contribution in [0, 0.1) is 0 Å². The van der Waals surface area contributed by atoms with Crippen molar-refractivity contribution in [1.82, 2.24) is 19.1 Å². The van der Waals surface area contributed by atoms with Crippen molar-refractivity contribution in [1.29, 1.82) is 0 Å². The second kappa shape index (κ2) is 5.22. The summed E-state index contributed by atoms with van der Waals surface area (Å²) in [5.74, 6) is -0.868. The molecule has 9 heteroatoms. The molecular weight excluding hydrogens is 304 g/mol. The van der Waals surface area contributed by atoms with Crippen LogP contribution in [0.3, 0.4) is 0 Å². The topological polar surface area (TPSA) is 108 Å². The molecule has 1 N–H and O–H groups in total. The summed E-state index contributed by atoms with van der Waals surface area (Å²) in [7, 11) is 2.90. The monoisotopic (exact) mass is 322 g/mol. The van der Waals surface area contributed by atoms with Gasteiger partial charge >= 0.3 is 5.69 Å². The number of fused-ring (bicyclic) bond motifs is 1. The number of hydrogen-bond acceptors (Lipinski definition) is 7. The molecule has 1 fully saturated rings. The van der Waals surface area contributed by atoms with E-state index in [1.807, 2.05) is 0 Å². The van der Waals surface area contributed by atoms with Crippen molar-refractivity contribution in [3.63, 3.8) is 0 Å². The van der Waals surface area contributed by atoms with E-state index in [4.69, 9.17) is 9.47 Å². The van der Waals surface area contributed by atoms with E-state index in [0.29, 0.717) is 5.69 Å². The number of nitrogens with zero attached hydrogens (tertiary/aromatic N) is 4. The van der Waals surface area contributed by atoms with Crippen molar-refractivity contribution in [2.24, 2.45) is 14.1 Å². The Bertz CT molecular complexity index is 885. The smallest absolute Gasteiger partial charge is 0.332 e. The van der Waals surface area contributed by atoms with Gasteiger partial charge in [0.25, 0.3) is 5.56 Å². The molecule has 0 amide bonds. The Morgan fingerprint density at radius 2 is 1.96 bits per heavy atom. The van der Waals surface area contributed by atoms with Crippen LogP contribution in [0.2, 0.25) is 0 Å². The molecule has 0 bridgehead atoms. The van der Waals surface area contributed by atoms with Crippen LogP contribution < -0.4 is 11.2 Å². The minimum Gasteiger partial charge on any atom is -0.394 e. The van der Waals surface area contributed by atoms with Crippen LogP contribution in [0.25, 0.3) is 11.2 Å². The lowest BCUT2D eigenvalue weighted by molar-refractivity contribution is -0.149. The zero-order valence-corrected chi connectivity index (χ0v) is 13.3. The van der Waals surface area contributed by atoms with Gasteiger partial charge in [0.15, 0.2) is 17.0 Å². The highest BCUT2D eigenvalue weighted by molar-refractivity contribution is 5.68. The van der Waals surface area contributed by atoms with E-state index in [2.05, 4.69) is 9.97 Å². The summed E-state index contributed by atoms with van der Waals surface area (Å²) in [6, 6.07) is 0. The summed E-state index contributed by atoms with van der Waals surface area (Å²) >= 11 is 0. The lowest BCUT2D eigenvalue weighted by Crippen LogP contribution is -2.38. The van der Waals surface area contributed by atoms with E-state index in [0.717, 1.165) is 4.57 Å². The minimum absolute atomic E-state index is 0.0945. The van der Waals surface area contributed by atoms with E-state index in [-0.39, 0.29) is 17.8 Å². The number of ether oxygens (including phenoxy) is 2. The lowest BCUT2D eigenvalue weighted by Gasteiger charge is -2.16. The van der Waals surface area contributed by atoms with E-state index >= 15 is 0 Å². The molecular formula is C14H18N4O5. The highest BCUT2D eigenvalue weighted by Crippen LogP contribution is 2.37. The summed E-state index contributed by atoms with van der Waals surface area (Å²) in [5, 5.41) is 9.46. The van der Waals surface area contributed by atoms with Gasteiger partial charge in [-0.15, -0.1) is 0 Å². The number of rotatable bonds is 2. The summed E-state index contributed by atoms with van der Waals surface area (Å²) < 4.78 is 13.6. The Hall–Kier alpha value is -2.10. The largest absolute Gasteiger partial charge is 0.394 e. The van der Waals surface area contributed by atoms with Crippen LogP contribution in [0.5, 0.6) is 0 Å². The second-order valence-corrected chi connectivity index (χ2v) is 5.95. The molecule has 0 spiro atoms. The first-order valence-corrected chi connectivity index (χ1v) is 7.14. The minimum atomic E-state index is -0.868. The fourth-order valence-electron chi connectivity index (χ4n) is 2.70. The molecule has 3 heterocycles. The van der Waals surface area contributed by atoms with E-state index in [9.17, 15) is 14.7 Å². The van der Waals surface area contributed by atoms with Crippen LogP contribution in [-0.4, -0.2) is 42.7 Å². The van der Waals surface area contributed by atoms with Crippen LogP contribution in [0.15, 0.2) is 15.8 Å². The van der Waals surface area contributed by atoms with Gasteiger partial charge in [0.05, 0.1) is 18.5 Å². The van der Waals surface area contributed by atoms with Crippen LogP contribution >= 0.6 is 0 Å². The first-order chi connectivity index (χ1) is 10.7. The molecule has 1 saturated heterocycles. The Labute approximate surface area is 131 Å². The van der Waals surface area contributed by atoms with E-state index < -0.39 is 29.2 Å². The summed E-state index contributed by atoms with van der Waals surface area (Å²) in [6.45, 7) is 3.22. The molecule has 2 atom stereocenters. The molecule has 124 valence electrons. The molecule has 0 unspecified atom stereocenters. The third kappa shape index (κ3) is 2.46. The predicted octanol–water partition coefficient (Wildman–Crippen LogP) is -0.788. The first kappa shape index (κ1) is 15.8. The average molecular weight is 322 g/mol. The molecule has 1 aliphatic heterocycles. The quantitative estimate of drug-likeness (QED) is 0.772. The third-order valence-electron chi connectivity index (χ3n) is 3.83. The summed E-state index contributed by atoms with van der Waals surface area (Å²) in [6.07, 6.45) is 0.179. The SMILES string of the molecule is Cn1c(=O)c2ncc([C@@H]3OC(C)(C)O[C@@H]3CO)nc2n(C)c1=O. The normalized spacial score (nSPS) is 23.5. The maximum atomic E-state index is 12.1. The number of hydrogen-bond donors (Lipinski definition) is 1. The molecule has 9 nitrogen and oxygen atoms in total. The van der Waals surface area contributed by atoms with E-state index in [1.54, 1.807) is 13.8 Å². The van der Waals surface area contributed by atoms with Crippen molar-refractivity contribution in [2.75, 3.05) is 6.61 Å². The fraction of sp³-hybridized carbons (Fsp3) is 0.571. The van der Waals surface area contributed by atoms with Crippen molar-refractivity contribution >= 4 is 11.2 Å². The van der Waals surface area contributed by atoms with Gasteiger partial charge in [-0.25, -0.2) is 14.8 Å². The van der Waals surface area contributed by atoms with Gasteiger partial charge in [-0.1, -0.05) is 0 Å². The van der Waals surface area contributed by atoms with Crippen molar-refractivity contribution < 1.29 is 14.6 Å². The zero-order valence-electron chi connectivity index (χ0n) is 13.3. The van der Waals surface area contributed by atoms with Crippen molar-refractivity contribution in [3.8, 4) is 0 Å². The van der Waals surface area contributed by atoms with Gasteiger partial charge in [0.1, 0.15) is 12.2 Å². The Morgan fingerprint density at radius 3 is 2.61 bits per heavy atom. The van der Waals surface area contributed by atoms with Gasteiger partial charge in [-0.3, -0.25) is 13.9 Å². The fourth-order valence-corrected chi connectivity index (χ4v) is 2.70. The molecule has 3 rings (SSSR count). The van der Waals surface area contributed by atoms with Gasteiger partial charge in [0, 0.05) is 14.1 Å². The Morgan fingerprint density at radius 1 is 1.26 bits per heavy atom. The van der Waals surface area contributed by atoms with Crippen LogP contribution in [-0.2, 0) is 23.6 Å². The number of aliphatic hydroxyl groups excluding tert-OH is 1. The Kier molecular flexibility index (Phi) is 3.58. The molecule has 0 radical (unpaired) electrons. The highest BCUT2D eigenvalue weighted by atomic mass is 16.8. The molecule has 2 aromatic rings. The molecule has 1 aliphatic rings. The molecule has 0 aliphatic carbocycles. The van der Waals surface area contributed by atoms with Crippen LogP contribution in [0.1, 0.15) is 25.6 Å². The lowest BCUT2D eigenvalue weighted by atomic mass is 10.1. The first-order valence-electron chi connectivity index (χ1n) is 7.14. The number of aromatic nitrogens is 4. The summed E-state index contributed by atoms with van der Waals surface area (Å²) in [5.41, 5.74) is -0.343. The van der Waals surface area contributed by atoms with Gasteiger partial charge in [-0.2, -0.15) is 0 Å². The van der Waals surface area contributed by atoms with E-state index in [1.165, 1.54) is 24.9 Å².